The Kier molecular flexibility index (Phi) is 4.43. The minimum absolute atomic E-state index is 0.0632. The number of anilines is 1. The van der Waals surface area contributed by atoms with Crippen LogP contribution in [0.15, 0.2) is 12.1 Å². The molecule has 1 amide bonds. The zero-order valence-electron chi connectivity index (χ0n) is 12.4. The number of carbonyl (C=O) groups excluding carboxylic acids is 1. The van der Waals surface area contributed by atoms with Gasteiger partial charge in [-0.25, -0.2) is 4.98 Å². The molecular formula is C15H20N4O2. The van der Waals surface area contributed by atoms with Crippen LogP contribution in [0.25, 0.3) is 0 Å². The Morgan fingerprint density at radius 3 is 3.05 bits per heavy atom. The number of aliphatic hydroxyl groups is 1. The van der Waals surface area contributed by atoms with Crippen LogP contribution in [0, 0.1) is 18.3 Å². The molecule has 21 heavy (non-hydrogen) atoms. The molecule has 0 aliphatic carbocycles. The Morgan fingerprint density at radius 1 is 1.62 bits per heavy atom. The van der Waals surface area contributed by atoms with E-state index in [9.17, 15) is 15.2 Å². The fourth-order valence-electron chi connectivity index (χ4n) is 2.70. The molecule has 1 atom stereocenters. The Bertz CT molecular complexity index is 582. The van der Waals surface area contributed by atoms with E-state index in [1.807, 2.05) is 11.8 Å². The number of piperidine rings is 1. The number of β-amino-alcohol motifs (C(OH)–C–C–N with tert-alkyl or cyclic N) is 1. The summed E-state index contributed by atoms with van der Waals surface area (Å²) in [6.45, 7) is 2.90. The third-order valence-electron chi connectivity index (χ3n) is 3.76. The Hall–Kier alpha value is -2.13. The number of hydrogen-bond donors (Lipinski definition) is 2. The lowest BCUT2D eigenvalue weighted by Crippen LogP contribution is -2.50. The topological polar surface area (TPSA) is 89.2 Å². The number of pyridine rings is 1. The number of aromatic nitrogens is 1. The maximum absolute atomic E-state index is 11.5. The summed E-state index contributed by atoms with van der Waals surface area (Å²) in [7, 11) is 1.56. The van der Waals surface area contributed by atoms with Crippen molar-refractivity contribution in [3.63, 3.8) is 0 Å². The van der Waals surface area contributed by atoms with Crippen molar-refractivity contribution in [3.8, 4) is 6.07 Å². The molecule has 0 radical (unpaired) electrons. The Labute approximate surface area is 124 Å². The number of carbonyl (C=O) groups is 1. The van der Waals surface area contributed by atoms with Gasteiger partial charge in [0.05, 0.1) is 17.6 Å². The smallest absolute Gasteiger partial charge is 0.222 e. The molecule has 1 unspecified atom stereocenters. The molecule has 1 aromatic rings. The predicted molar refractivity (Wildman–Crippen MR) is 78.8 cm³/mol. The minimum Gasteiger partial charge on any atom is -0.388 e. The van der Waals surface area contributed by atoms with Crippen molar-refractivity contribution < 1.29 is 9.90 Å². The van der Waals surface area contributed by atoms with Crippen molar-refractivity contribution in [2.45, 2.75) is 31.8 Å². The van der Waals surface area contributed by atoms with Gasteiger partial charge in [0.2, 0.25) is 5.91 Å². The number of hydrogen-bond acceptors (Lipinski definition) is 5. The highest BCUT2D eigenvalue weighted by atomic mass is 16.3. The second kappa shape index (κ2) is 6.10. The van der Waals surface area contributed by atoms with Crippen LogP contribution in [0.2, 0.25) is 0 Å². The minimum atomic E-state index is -1.07. The first kappa shape index (κ1) is 15.3. The highest BCUT2D eigenvalue weighted by Gasteiger charge is 2.36. The number of rotatable bonds is 3. The lowest BCUT2D eigenvalue weighted by molar-refractivity contribution is -0.125. The Balaban J connectivity index is 2.24. The van der Waals surface area contributed by atoms with E-state index in [-0.39, 0.29) is 12.3 Å². The number of amides is 1. The van der Waals surface area contributed by atoms with Crippen LogP contribution in [0.1, 0.15) is 30.5 Å². The first-order valence-corrected chi connectivity index (χ1v) is 7.03. The summed E-state index contributed by atoms with van der Waals surface area (Å²) in [5.74, 6) is 0.407. The predicted octanol–water partition coefficient (Wildman–Crippen LogP) is 0.729. The van der Waals surface area contributed by atoms with Crippen molar-refractivity contribution in [3.05, 3.63) is 23.4 Å². The summed E-state index contributed by atoms with van der Waals surface area (Å²) < 4.78 is 0. The van der Waals surface area contributed by atoms with Gasteiger partial charge in [0.25, 0.3) is 0 Å². The van der Waals surface area contributed by atoms with Gasteiger partial charge in [-0.1, -0.05) is 0 Å². The maximum Gasteiger partial charge on any atom is 0.222 e. The highest BCUT2D eigenvalue weighted by Crippen LogP contribution is 2.29. The molecule has 2 N–H and O–H groups in total. The molecule has 0 aromatic carbocycles. The lowest BCUT2D eigenvalue weighted by atomic mass is 9.89. The molecule has 1 fully saturated rings. The van der Waals surface area contributed by atoms with Crippen LogP contribution in [0.5, 0.6) is 0 Å². The van der Waals surface area contributed by atoms with Crippen LogP contribution < -0.4 is 10.2 Å². The summed E-state index contributed by atoms with van der Waals surface area (Å²) in [5.41, 5.74) is 0.241. The molecule has 1 aliphatic rings. The van der Waals surface area contributed by atoms with Crippen molar-refractivity contribution in [2.24, 2.45) is 0 Å². The standard InChI is InChI=1S/C15H20N4O2/c1-11-4-5-12(9-16)14(18-11)19-7-3-6-15(21,10-19)8-13(20)17-2/h4-5,21H,3,6-8,10H2,1-2H3,(H,17,20). The van der Waals surface area contributed by atoms with Crippen molar-refractivity contribution in [1.82, 2.24) is 10.3 Å². The van der Waals surface area contributed by atoms with Gasteiger partial charge < -0.3 is 15.3 Å². The molecule has 1 aliphatic heterocycles. The molecule has 6 heteroatoms. The first-order valence-electron chi connectivity index (χ1n) is 7.03. The van der Waals surface area contributed by atoms with Gasteiger partial charge in [0, 0.05) is 25.8 Å². The second-order valence-electron chi connectivity index (χ2n) is 5.54. The van der Waals surface area contributed by atoms with Crippen LogP contribution >= 0.6 is 0 Å². The van der Waals surface area contributed by atoms with E-state index in [1.165, 1.54) is 0 Å². The van der Waals surface area contributed by atoms with Gasteiger partial charge in [0.15, 0.2) is 0 Å². The average molecular weight is 288 g/mol. The molecule has 0 bridgehead atoms. The summed E-state index contributed by atoms with van der Waals surface area (Å²) in [5, 5.41) is 22.4. The number of nitrogens with zero attached hydrogens (tertiary/aromatic N) is 3. The van der Waals surface area contributed by atoms with Crippen molar-refractivity contribution in [1.29, 1.82) is 5.26 Å². The average Bonchev–Trinajstić information content (AvgIpc) is 2.46. The second-order valence-corrected chi connectivity index (χ2v) is 5.54. The van der Waals surface area contributed by atoms with E-state index < -0.39 is 5.60 Å². The Morgan fingerprint density at radius 2 is 2.38 bits per heavy atom. The molecular weight excluding hydrogens is 268 g/mol. The molecule has 0 spiro atoms. The van der Waals surface area contributed by atoms with Gasteiger partial charge in [-0.15, -0.1) is 0 Å². The monoisotopic (exact) mass is 288 g/mol. The summed E-state index contributed by atoms with van der Waals surface area (Å²) in [6, 6.07) is 5.67. The van der Waals surface area contributed by atoms with Crippen molar-refractivity contribution in [2.75, 3.05) is 25.0 Å². The fourth-order valence-corrected chi connectivity index (χ4v) is 2.70. The van der Waals surface area contributed by atoms with E-state index in [0.29, 0.717) is 24.3 Å². The van der Waals surface area contributed by atoms with E-state index in [1.54, 1.807) is 19.2 Å². The largest absolute Gasteiger partial charge is 0.388 e. The molecule has 1 aromatic heterocycles. The zero-order valence-corrected chi connectivity index (χ0v) is 12.4. The van der Waals surface area contributed by atoms with Gasteiger partial charge in [0.1, 0.15) is 11.9 Å². The van der Waals surface area contributed by atoms with Gasteiger partial charge in [-0.3, -0.25) is 4.79 Å². The third kappa shape index (κ3) is 3.50. The van der Waals surface area contributed by atoms with E-state index in [0.717, 1.165) is 18.7 Å². The number of aryl methyl sites for hydroxylation is 1. The van der Waals surface area contributed by atoms with Gasteiger partial charge >= 0.3 is 0 Å². The fraction of sp³-hybridized carbons (Fsp3) is 0.533. The molecule has 112 valence electrons. The molecule has 0 saturated carbocycles. The molecule has 2 rings (SSSR count). The highest BCUT2D eigenvalue weighted by molar-refractivity contribution is 5.76. The normalized spacial score (nSPS) is 21.7. The van der Waals surface area contributed by atoms with Crippen LogP contribution in [-0.2, 0) is 4.79 Å². The molecule has 1 saturated heterocycles. The zero-order chi connectivity index (χ0) is 15.5. The summed E-state index contributed by atoms with van der Waals surface area (Å²) in [4.78, 5) is 17.9. The molecule has 2 heterocycles. The van der Waals surface area contributed by atoms with E-state index in [2.05, 4.69) is 16.4 Å². The summed E-state index contributed by atoms with van der Waals surface area (Å²) in [6.07, 6.45) is 1.40. The molecule has 6 nitrogen and oxygen atoms in total. The first-order chi connectivity index (χ1) is 9.97. The SMILES string of the molecule is CNC(=O)CC1(O)CCCN(c2nc(C)ccc2C#N)C1. The van der Waals surface area contributed by atoms with Crippen LogP contribution in [0.4, 0.5) is 5.82 Å². The van der Waals surface area contributed by atoms with Gasteiger partial charge in [-0.05, 0) is 31.9 Å². The van der Waals surface area contributed by atoms with Crippen LogP contribution in [-0.4, -0.2) is 41.7 Å². The quantitative estimate of drug-likeness (QED) is 0.856. The third-order valence-corrected chi connectivity index (χ3v) is 3.76. The van der Waals surface area contributed by atoms with E-state index in [4.69, 9.17) is 0 Å². The lowest BCUT2D eigenvalue weighted by Gasteiger charge is -2.39. The van der Waals surface area contributed by atoms with Crippen LogP contribution in [0.3, 0.4) is 0 Å². The van der Waals surface area contributed by atoms with Crippen molar-refractivity contribution >= 4 is 11.7 Å². The van der Waals surface area contributed by atoms with Gasteiger partial charge in [-0.2, -0.15) is 5.26 Å². The maximum atomic E-state index is 11.5. The number of nitrogens with one attached hydrogen (secondary N) is 1. The number of nitriles is 1. The van der Waals surface area contributed by atoms with E-state index >= 15 is 0 Å². The summed E-state index contributed by atoms with van der Waals surface area (Å²) >= 11 is 0.